The van der Waals surface area contributed by atoms with Gasteiger partial charge >= 0.3 is 0 Å². The highest BCUT2D eigenvalue weighted by molar-refractivity contribution is 6.52. The van der Waals surface area contributed by atoms with Crippen molar-refractivity contribution in [1.29, 1.82) is 0 Å². The summed E-state index contributed by atoms with van der Waals surface area (Å²) in [6.45, 7) is 0.0676. The molecule has 0 radical (unpaired) electrons. The Balaban J connectivity index is 2.01. The zero-order valence-corrected chi connectivity index (χ0v) is 11.0. The molecule has 1 aliphatic rings. The van der Waals surface area contributed by atoms with Crippen molar-refractivity contribution in [1.82, 2.24) is 0 Å². The largest absolute Gasteiger partial charge is 0.300 e. The molecule has 0 saturated heterocycles. The predicted molar refractivity (Wildman–Crippen MR) is 73.4 cm³/mol. The van der Waals surface area contributed by atoms with Crippen molar-refractivity contribution < 1.29 is 14.0 Å². The number of hydrogen-bond donors (Lipinski definition) is 0. The molecular weight excluding hydrogens is 281 g/mol. The molecule has 0 aliphatic carbocycles. The Hall–Kier alpha value is -2.20. The van der Waals surface area contributed by atoms with E-state index in [4.69, 9.17) is 11.6 Å². The summed E-state index contributed by atoms with van der Waals surface area (Å²) >= 11 is 5.88. The highest BCUT2D eigenvalue weighted by atomic mass is 35.5. The first-order valence-corrected chi connectivity index (χ1v) is 6.35. The van der Waals surface area contributed by atoms with E-state index in [0.29, 0.717) is 16.8 Å². The Morgan fingerprint density at radius 1 is 1.05 bits per heavy atom. The molecule has 20 heavy (non-hydrogen) atoms. The van der Waals surface area contributed by atoms with E-state index in [1.807, 2.05) is 0 Å². The van der Waals surface area contributed by atoms with E-state index in [1.54, 1.807) is 30.3 Å². The van der Waals surface area contributed by atoms with Gasteiger partial charge in [-0.2, -0.15) is 0 Å². The first-order valence-electron chi connectivity index (χ1n) is 5.97. The lowest BCUT2D eigenvalue weighted by molar-refractivity contribution is -0.114. The number of halogens is 2. The summed E-state index contributed by atoms with van der Waals surface area (Å²) in [5, 5.41) is -0.0304. The number of anilines is 1. The Kier molecular flexibility index (Phi) is 3.03. The van der Waals surface area contributed by atoms with Crippen LogP contribution in [-0.2, 0) is 11.3 Å². The molecule has 0 bridgehead atoms. The summed E-state index contributed by atoms with van der Waals surface area (Å²) in [5.74, 6) is -1.71. The van der Waals surface area contributed by atoms with Crippen molar-refractivity contribution in [3.05, 3.63) is 64.4 Å². The van der Waals surface area contributed by atoms with Gasteiger partial charge in [0.25, 0.3) is 11.7 Å². The molecule has 100 valence electrons. The first-order chi connectivity index (χ1) is 9.59. The third-order valence-corrected chi connectivity index (χ3v) is 3.66. The molecule has 0 N–H and O–H groups in total. The van der Waals surface area contributed by atoms with Crippen molar-refractivity contribution in [3.8, 4) is 0 Å². The zero-order chi connectivity index (χ0) is 14.3. The molecule has 3 nitrogen and oxygen atoms in total. The van der Waals surface area contributed by atoms with Crippen molar-refractivity contribution in [2.75, 3.05) is 4.90 Å². The van der Waals surface area contributed by atoms with E-state index in [1.165, 1.54) is 17.0 Å². The van der Waals surface area contributed by atoms with Crippen molar-refractivity contribution >= 4 is 29.0 Å². The minimum absolute atomic E-state index is 0.0304. The topological polar surface area (TPSA) is 37.4 Å². The summed E-state index contributed by atoms with van der Waals surface area (Å²) in [4.78, 5) is 25.2. The average molecular weight is 290 g/mol. The van der Waals surface area contributed by atoms with E-state index < -0.39 is 17.5 Å². The molecule has 1 heterocycles. The summed E-state index contributed by atoms with van der Waals surface area (Å²) < 4.78 is 13.4. The second-order valence-corrected chi connectivity index (χ2v) is 4.83. The summed E-state index contributed by atoms with van der Waals surface area (Å²) in [7, 11) is 0. The standard InChI is InChI=1S/C15H9ClFNO2/c16-13-9(4-3-6-11(13)17)8-18-12-7-2-1-5-10(12)14(19)15(18)20/h1-7H,8H2. The van der Waals surface area contributed by atoms with Crippen LogP contribution in [0.1, 0.15) is 15.9 Å². The molecule has 1 aliphatic heterocycles. The molecule has 0 spiro atoms. The van der Waals surface area contributed by atoms with Gasteiger partial charge in [0.15, 0.2) is 0 Å². The van der Waals surface area contributed by atoms with Gasteiger partial charge in [-0.05, 0) is 23.8 Å². The number of rotatable bonds is 2. The van der Waals surface area contributed by atoms with Crippen molar-refractivity contribution in [2.24, 2.45) is 0 Å². The fraction of sp³-hybridized carbons (Fsp3) is 0.0667. The Morgan fingerprint density at radius 3 is 2.60 bits per heavy atom. The maximum absolute atomic E-state index is 13.4. The quantitative estimate of drug-likeness (QED) is 0.796. The maximum Gasteiger partial charge on any atom is 0.299 e. The SMILES string of the molecule is O=C1C(=O)N(Cc2cccc(F)c2Cl)c2ccccc21. The van der Waals surface area contributed by atoms with E-state index in [2.05, 4.69) is 0 Å². The van der Waals surface area contributed by atoms with Gasteiger partial charge < -0.3 is 4.90 Å². The number of carbonyl (C=O) groups is 2. The number of Topliss-reactive ketones (excluding diaryl/α,β-unsaturated/α-hetero) is 1. The van der Waals surface area contributed by atoms with Gasteiger partial charge in [0.05, 0.1) is 22.8 Å². The lowest BCUT2D eigenvalue weighted by Crippen LogP contribution is -2.29. The summed E-state index contributed by atoms with van der Waals surface area (Å²) in [6.07, 6.45) is 0. The molecule has 2 aromatic rings. The van der Waals surface area contributed by atoms with Gasteiger partial charge in [0.2, 0.25) is 0 Å². The lowest BCUT2D eigenvalue weighted by Gasteiger charge is -2.17. The van der Waals surface area contributed by atoms with Gasteiger partial charge in [-0.15, -0.1) is 0 Å². The Labute approximate surface area is 119 Å². The summed E-state index contributed by atoms with van der Waals surface area (Å²) in [5.41, 5.74) is 1.36. The smallest absolute Gasteiger partial charge is 0.299 e. The average Bonchev–Trinajstić information content (AvgIpc) is 2.69. The third kappa shape index (κ3) is 1.89. The number of ketones is 1. The molecule has 3 rings (SSSR count). The molecule has 2 aromatic carbocycles. The number of carbonyl (C=O) groups excluding carboxylic acids is 2. The molecule has 0 unspecified atom stereocenters. The number of fused-ring (bicyclic) bond motifs is 1. The van der Waals surface area contributed by atoms with Gasteiger partial charge in [-0.25, -0.2) is 4.39 Å². The number of benzene rings is 2. The minimum atomic E-state index is -0.619. The van der Waals surface area contributed by atoms with Gasteiger partial charge in [0.1, 0.15) is 5.82 Å². The van der Waals surface area contributed by atoms with Gasteiger partial charge in [-0.1, -0.05) is 35.9 Å². The molecule has 0 aromatic heterocycles. The normalized spacial score (nSPS) is 13.8. The Morgan fingerprint density at radius 2 is 1.80 bits per heavy atom. The van der Waals surface area contributed by atoms with Gasteiger partial charge in [-0.3, -0.25) is 9.59 Å². The highest BCUT2D eigenvalue weighted by Gasteiger charge is 2.35. The van der Waals surface area contributed by atoms with Crippen LogP contribution < -0.4 is 4.90 Å². The molecule has 0 atom stereocenters. The van der Waals surface area contributed by atoms with Gasteiger partial charge in [0, 0.05) is 0 Å². The third-order valence-electron chi connectivity index (χ3n) is 3.24. The van der Waals surface area contributed by atoms with Crippen LogP contribution in [0.4, 0.5) is 10.1 Å². The molecule has 0 fully saturated rings. The molecular formula is C15H9ClFNO2. The molecule has 5 heteroatoms. The highest BCUT2D eigenvalue weighted by Crippen LogP contribution is 2.31. The number of amides is 1. The second kappa shape index (κ2) is 4.72. The van der Waals surface area contributed by atoms with Crippen LogP contribution in [0.3, 0.4) is 0 Å². The van der Waals surface area contributed by atoms with E-state index in [9.17, 15) is 14.0 Å². The monoisotopic (exact) mass is 289 g/mol. The number of para-hydroxylation sites is 1. The fourth-order valence-electron chi connectivity index (χ4n) is 2.25. The minimum Gasteiger partial charge on any atom is -0.300 e. The zero-order valence-electron chi connectivity index (χ0n) is 10.3. The van der Waals surface area contributed by atoms with Crippen molar-refractivity contribution in [2.45, 2.75) is 6.54 Å². The van der Waals surface area contributed by atoms with Crippen molar-refractivity contribution in [3.63, 3.8) is 0 Å². The first kappa shape index (κ1) is 12.8. The van der Waals surface area contributed by atoms with Crippen LogP contribution in [0.25, 0.3) is 0 Å². The number of hydrogen-bond acceptors (Lipinski definition) is 2. The maximum atomic E-state index is 13.4. The van der Waals surface area contributed by atoms with Crippen LogP contribution in [0.15, 0.2) is 42.5 Å². The fourth-order valence-corrected chi connectivity index (χ4v) is 2.43. The van der Waals surface area contributed by atoms with Crippen LogP contribution in [0.2, 0.25) is 5.02 Å². The van der Waals surface area contributed by atoms with E-state index in [-0.39, 0.29) is 11.6 Å². The second-order valence-electron chi connectivity index (χ2n) is 4.45. The lowest BCUT2D eigenvalue weighted by atomic mass is 10.1. The molecule has 0 saturated carbocycles. The molecule has 1 amide bonds. The predicted octanol–water partition coefficient (Wildman–Crippen LogP) is 3.21. The number of nitrogens with zero attached hydrogens (tertiary/aromatic N) is 1. The summed E-state index contributed by atoms with van der Waals surface area (Å²) in [6, 6.07) is 11.1. The van der Waals surface area contributed by atoms with Crippen LogP contribution in [0.5, 0.6) is 0 Å². The van der Waals surface area contributed by atoms with Crippen LogP contribution in [0, 0.1) is 5.82 Å². The van der Waals surface area contributed by atoms with E-state index in [0.717, 1.165) is 0 Å². The van der Waals surface area contributed by atoms with Crippen LogP contribution in [-0.4, -0.2) is 11.7 Å². The van der Waals surface area contributed by atoms with Crippen LogP contribution >= 0.6 is 11.6 Å². The Bertz CT molecular complexity index is 730. The van der Waals surface area contributed by atoms with E-state index >= 15 is 0 Å².